The van der Waals surface area contributed by atoms with Crippen molar-refractivity contribution in [2.24, 2.45) is 0 Å². The molecule has 0 bridgehead atoms. The molecule has 1 aromatic rings. The molecule has 0 fully saturated rings. The smallest absolute Gasteiger partial charge is 0.186 e. The lowest BCUT2D eigenvalue weighted by Gasteiger charge is -2.05. The van der Waals surface area contributed by atoms with E-state index < -0.39 is 0 Å². The lowest BCUT2D eigenvalue weighted by molar-refractivity contribution is -0.109. The van der Waals surface area contributed by atoms with Crippen molar-refractivity contribution < 1.29 is 14.6 Å². The van der Waals surface area contributed by atoms with Gasteiger partial charge in [0.2, 0.25) is 0 Å². The quantitative estimate of drug-likeness (QED) is 0.831. The maximum Gasteiger partial charge on any atom is 0.186 e. The summed E-state index contributed by atoms with van der Waals surface area (Å²) in [5, 5.41) is 9.12. The summed E-state index contributed by atoms with van der Waals surface area (Å²) in [6, 6.07) is 5.37. The lowest BCUT2D eigenvalue weighted by atomic mass is 10.1. The number of carbonyl (C=O) groups is 1. The van der Waals surface area contributed by atoms with Crippen LogP contribution in [-0.2, 0) is 11.4 Å². The maximum absolute atomic E-state index is 10.7. The number of aliphatic hydroxyl groups is 1. The fraction of sp³-hybridized carbons (Fsp3) is 0.308. The van der Waals surface area contributed by atoms with Gasteiger partial charge in [0.25, 0.3) is 0 Å². The molecule has 4 heteroatoms. The van der Waals surface area contributed by atoms with Crippen LogP contribution in [0.3, 0.4) is 0 Å². The molecule has 0 aliphatic rings. The molecule has 1 N–H and O–H groups in total. The van der Waals surface area contributed by atoms with Gasteiger partial charge in [-0.2, -0.15) is 0 Å². The minimum Gasteiger partial charge on any atom is -0.496 e. The summed E-state index contributed by atoms with van der Waals surface area (Å²) >= 11 is 1.18. The molecular formula is C13H14O3S. The van der Waals surface area contributed by atoms with Gasteiger partial charge in [-0.1, -0.05) is 29.7 Å². The van der Waals surface area contributed by atoms with Crippen molar-refractivity contribution in [3.05, 3.63) is 29.3 Å². The van der Waals surface area contributed by atoms with Crippen molar-refractivity contribution in [1.82, 2.24) is 0 Å². The number of benzene rings is 1. The monoisotopic (exact) mass is 250 g/mol. The van der Waals surface area contributed by atoms with E-state index in [0.29, 0.717) is 11.5 Å². The Morgan fingerprint density at radius 1 is 1.53 bits per heavy atom. The van der Waals surface area contributed by atoms with E-state index in [2.05, 4.69) is 11.8 Å². The zero-order valence-corrected chi connectivity index (χ0v) is 10.6. The predicted octanol–water partition coefficient (Wildman–Crippen LogP) is 1.82. The number of aliphatic hydroxyl groups excluding tert-OH is 1. The van der Waals surface area contributed by atoms with Crippen LogP contribution < -0.4 is 4.74 Å². The van der Waals surface area contributed by atoms with Crippen molar-refractivity contribution in [2.45, 2.75) is 13.5 Å². The molecule has 0 atom stereocenters. The van der Waals surface area contributed by atoms with Crippen LogP contribution in [0.2, 0.25) is 0 Å². The van der Waals surface area contributed by atoms with Gasteiger partial charge in [0, 0.05) is 18.1 Å². The van der Waals surface area contributed by atoms with Crippen molar-refractivity contribution in [3.8, 4) is 17.6 Å². The van der Waals surface area contributed by atoms with E-state index in [4.69, 9.17) is 9.84 Å². The second-order valence-electron chi connectivity index (χ2n) is 3.27. The number of ether oxygens (including phenoxy) is 1. The lowest BCUT2D eigenvalue weighted by Crippen LogP contribution is -1.92. The fourth-order valence-electron chi connectivity index (χ4n) is 1.23. The summed E-state index contributed by atoms with van der Waals surface area (Å²) < 4.78 is 5.13. The van der Waals surface area contributed by atoms with Gasteiger partial charge in [0.05, 0.1) is 19.5 Å². The first-order chi connectivity index (χ1) is 8.17. The molecule has 17 heavy (non-hydrogen) atoms. The molecule has 1 aromatic carbocycles. The zero-order valence-electron chi connectivity index (χ0n) is 9.82. The van der Waals surface area contributed by atoms with Crippen molar-refractivity contribution in [2.75, 3.05) is 12.9 Å². The summed E-state index contributed by atoms with van der Waals surface area (Å²) in [5.74, 6) is 6.95. The highest BCUT2D eigenvalue weighted by molar-refractivity contribution is 8.13. The van der Waals surface area contributed by atoms with Crippen LogP contribution in [-0.4, -0.2) is 23.1 Å². The number of thioether (sulfide) groups is 1. The van der Waals surface area contributed by atoms with Gasteiger partial charge >= 0.3 is 0 Å². The number of hydrogen-bond donors (Lipinski definition) is 1. The molecule has 0 aliphatic carbocycles. The first-order valence-corrected chi connectivity index (χ1v) is 6.06. The largest absolute Gasteiger partial charge is 0.496 e. The number of rotatable bonds is 3. The van der Waals surface area contributed by atoms with Crippen molar-refractivity contribution in [1.29, 1.82) is 0 Å². The Kier molecular flexibility index (Phi) is 5.61. The Bertz CT molecular complexity index is 457. The maximum atomic E-state index is 10.7. The molecular weight excluding hydrogens is 236 g/mol. The van der Waals surface area contributed by atoms with E-state index in [1.165, 1.54) is 18.7 Å². The Morgan fingerprint density at radius 3 is 2.88 bits per heavy atom. The van der Waals surface area contributed by atoms with Crippen LogP contribution in [0.1, 0.15) is 18.1 Å². The Hall–Kier alpha value is -1.44. The Morgan fingerprint density at radius 2 is 2.29 bits per heavy atom. The van der Waals surface area contributed by atoms with Crippen LogP contribution >= 0.6 is 11.8 Å². The normalized spacial score (nSPS) is 9.35. The zero-order chi connectivity index (χ0) is 12.7. The summed E-state index contributed by atoms with van der Waals surface area (Å²) in [5.41, 5.74) is 1.54. The summed E-state index contributed by atoms with van der Waals surface area (Å²) in [6.45, 7) is 1.46. The topological polar surface area (TPSA) is 46.5 Å². The molecule has 0 aliphatic heterocycles. The first kappa shape index (κ1) is 13.6. The summed E-state index contributed by atoms with van der Waals surface area (Å²) in [4.78, 5) is 10.7. The van der Waals surface area contributed by atoms with Gasteiger partial charge in [-0.3, -0.25) is 4.79 Å². The van der Waals surface area contributed by atoms with E-state index in [1.54, 1.807) is 19.2 Å². The third-order valence-corrected chi connectivity index (χ3v) is 2.73. The van der Waals surface area contributed by atoms with Crippen LogP contribution in [0.5, 0.6) is 5.75 Å². The minimum atomic E-state index is -0.0585. The van der Waals surface area contributed by atoms with E-state index in [0.717, 1.165) is 11.1 Å². The highest BCUT2D eigenvalue weighted by Crippen LogP contribution is 2.19. The highest BCUT2D eigenvalue weighted by atomic mass is 32.2. The fourth-order valence-corrected chi connectivity index (χ4v) is 1.58. The Labute approximate surface area is 105 Å². The van der Waals surface area contributed by atoms with Crippen LogP contribution in [0.25, 0.3) is 0 Å². The molecule has 0 saturated heterocycles. The molecule has 0 amide bonds. The third kappa shape index (κ3) is 4.51. The van der Waals surface area contributed by atoms with Gasteiger partial charge in [0.1, 0.15) is 5.75 Å². The molecule has 3 nitrogen and oxygen atoms in total. The second kappa shape index (κ2) is 7.00. The summed E-state index contributed by atoms with van der Waals surface area (Å²) in [7, 11) is 1.55. The average molecular weight is 250 g/mol. The van der Waals surface area contributed by atoms with Crippen molar-refractivity contribution >= 4 is 16.9 Å². The number of carbonyl (C=O) groups excluding carboxylic acids is 1. The number of methoxy groups -OCH3 is 1. The molecule has 0 heterocycles. The standard InChI is InChI=1S/C13H14O3S/c1-10(15)17-7-3-4-11-5-6-12(9-14)13(8-11)16-2/h5-6,8,14H,7,9H2,1-2H3. The average Bonchev–Trinajstić information content (AvgIpc) is 2.34. The molecule has 0 radical (unpaired) electrons. The SMILES string of the molecule is COc1cc(C#CCSC(C)=O)ccc1CO. The van der Waals surface area contributed by atoms with Gasteiger partial charge in [-0.15, -0.1) is 0 Å². The van der Waals surface area contributed by atoms with E-state index in [-0.39, 0.29) is 11.7 Å². The number of hydrogen-bond acceptors (Lipinski definition) is 4. The van der Waals surface area contributed by atoms with Gasteiger partial charge in [-0.05, 0) is 12.1 Å². The second-order valence-corrected chi connectivity index (χ2v) is 4.42. The molecule has 90 valence electrons. The highest BCUT2D eigenvalue weighted by Gasteiger charge is 2.01. The molecule has 0 unspecified atom stereocenters. The minimum absolute atomic E-state index is 0.0585. The van der Waals surface area contributed by atoms with Crippen LogP contribution in [0.4, 0.5) is 0 Å². The van der Waals surface area contributed by atoms with E-state index >= 15 is 0 Å². The molecule has 0 spiro atoms. The van der Waals surface area contributed by atoms with Crippen molar-refractivity contribution in [3.63, 3.8) is 0 Å². The Balaban J connectivity index is 2.75. The van der Waals surface area contributed by atoms with Crippen LogP contribution in [0.15, 0.2) is 18.2 Å². The van der Waals surface area contributed by atoms with Gasteiger partial charge in [0.15, 0.2) is 5.12 Å². The summed E-state index contributed by atoms with van der Waals surface area (Å²) in [6.07, 6.45) is 0. The van der Waals surface area contributed by atoms with Gasteiger partial charge < -0.3 is 9.84 Å². The van der Waals surface area contributed by atoms with E-state index in [1.807, 2.05) is 6.07 Å². The third-order valence-electron chi connectivity index (χ3n) is 2.04. The predicted molar refractivity (Wildman–Crippen MR) is 68.9 cm³/mol. The first-order valence-electron chi connectivity index (χ1n) is 5.07. The van der Waals surface area contributed by atoms with E-state index in [9.17, 15) is 4.79 Å². The van der Waals surface area contributed by atoms with Crippen LogP contribution in [0, 0.1) is 11.8 Å². The molecule has 0 saturated carbocycles. The van der Waals surface area contributed by atoms with Gasteiger partial charge in [-0.25, -0.2) is 0 Å². The molecule has 0 aromatic heterocycles. The molecule has 1 rings (SSSR count).